The fourth-order valence-electron chi connectivity index (χ4n) is 4.02. The fraction of sp³-hybridized carbons (Fsp3) is 0.652. The topological polar surface area (TPSA) is 66.0 Å². The zero-order valence-electron chi connectivity index (χ0n) is 18.5. The number of benzene rings is 1. The molecule has 1 aromatic rings. The molecule has 160 valence electrons. The number of carbonyl (C=O) groups excluding carboxylic acids is 2. The molecular formula is C23H36N3O2S+. The number of thioether (sulfide) groups is 1. The van der Waals surface area contributed by atoms with Crippen molar-refractivity contribution in [2.45, 2.75) is 76.3 Å². The van der Waals surface area contributed by atoms with Crippen molar-refractivity contribution in [3.8, 4) is 0 Å². The van der Waals surface area contributed by atoms with E-state index in [4.69, 9.17) is 0 Å². The first kappa shape index (κ1) is 22.2. The number of nitrogens with one attached hydrogen (secondary N) is 1. The first-order valence-corrected chi connectivity index (χ1v) is 11.8. The van der Waals surface area contributed by atoms with Gasteiger partial charge in [-0.05, 0) is 36.5 Å². The van der Waals surface area contributed by atoms with Gasteiger partial charge in [0.15, 0.2) is 6.04 Å². The molecule has 1 spiro atoms. The van der Waals surface area contributed by atoms with E-state index in [0.717, 1.165) is 43.7 Å². The van der Waals surface area contributed by atoms with Gasteiger partial charge in [-0.1, -0.05) is 51.6 Å². The van der Waals surface area contributed by atoms with Gasteiger partial charge in [-0.25, -0.2) is 0 Å². The monoisotopic (exact) mass is 418 g/mol. The molecule has 0 saturated carbocycles. The normalized spacial score (nSPS) is 22.5. The summed E-state index contributed by atoms with van der Waals surface area (Å²) in [7, 11) is 0. The van der Waals surface area contributed by atoms with E-state index in [1.807, 2.05) is 35.7 Å². The average molecular weight is 419 g/mol. The van der Waals surface area contributed by atoms with E-state index in [9.17, 15) is 9.59 Å². The molecule has 3 N–H and O–H groups in total. The Kier molecular flexibility index (Phi) is 6.64. The third-order valence-corrected chi connectivity index (χ3v) is 7.93. The predicted molar refractivity (Wildman–Crippen MR) is 119 cm³/mol. The number of nitrogens with zero attached hydrogens (tertiary/aromatic N) is 1. The predicted octanol–water partition coefficient (Wildman–Crippen LogP) is 2.51. The maximum Gasteiger partial charge on any atom is 0.279 e. The summed E-state index contributed by atoms with van der Waals surface area (Å²) in [5.41, 5.74) is 2.10. The van der Waals surface area contributed by atoms with Gasteiger partial charge >= 0.3 is 0 Å². The van der Waals surface area contributed by atoms with Crippen LogP contribution in [0.25, 0.3) is 0 Å². The van der Waals surface area contributed by atoms with E-state index >= 15 is 0 Å². The molecule has 1 aromatic carbocycles. The molecule has 29 heavy (non-hydrogen) atoms. The maximum atomic E-state index is 12.9. The second kappa shape index (κ2) is 8.68. The Bertz CT molecular complexity index is 733. The highest BCUT2D eigenvalue weighted by Crippen LogP contribution is 2.34. The summed E-state index contributed by atoms with van der Waals surface area (Å²) < 4.78 is 0. The van der Waals surface area contributed by atoms with E-state index in [1.165, 1.54) is 5.56 Å². The van der Waals surface area contributed by atoms with Crippen molar-refractivity contribution in [2.24, 2.45) is 0 Å². The van der Waals surface area contributed by atoms with Crippen molar-refractivity contribution >= 4 is 23.6 Å². The van der Waals surface area contributed by atoms with Gasteiger partial charge in [-0.3, -0.25) is 9.59 Å². The molecule has 0 bridgehead atoms. The number of hydrogen-bond donors (Lipinski definition) is 2. The molecule has 2 aliphatic heterocycles. The van der Waals surface area contributed by atoms with Crippen LogP contribution in [0.1, 0.15) is 69.8 Å². The molecular weight excluding hydrogens is 382 g/mol. The third kappa shape index (κ3) is 5.15. The first-order valence-electron chi connectivity index (χ1n) is 10.8. The van der Waals surface area contributed by atoms with Gasteiger partial charge in [-0.2, -0.15) is 0 Å². The SMILES string of the molecule is CC[C@H](C)NC(=O)[C@H]1CSC2(CCN(C(=O)c3ccc(C(C)(C)C)cc3)CC2)[NH2+]1. The summed E-state index contributed by atoms with van der Waals surface area (Å²) in [6.07, 6.45) is 2.80. The standard InChI is InChI=1S/C23H35N3O2S/c1-6-16(2)24-20(27)19-15-29-23(25-19)11-13-26(14-12-23)21(28)17-7-9-18(10-8-17)22(3,4)5/h7-10,16,19,25H,6,11-15H2,1-5H3,(H,24,27)/p+1/t16-,19+/m0/s1. The summed E-state index contributed by atoms with van der Waals surface area (Å²) >= 11 is 1.90. The van der Waals surface area contributed by atoms with E-state index in [0.29, 0.717) is 0 Å². The molecule has 2 heterocycles. The van der Waals surface area contributed by atoms with Crippen LogP contribution in [-0.4, -0.2) is 52.5 Å². The van der Waals surface area contributed by atoms with Gasteiger partial charge in [0.2, 0.25) is 0 Å². The molecule has 0 radical (unpaired) electrons. The highest BCUT2D eigenvalue weighted by atomic mass is 32.2. The molecule has 0 aromatic heterocycles. The molecule has 0 unspecified atom stereocenters. The summed E-state index contributed by atoms with van der Waals surface area (Å²) in [5.74, 6) is 1.13. The Hall–Kier alpha value is -1.53. The van der Waals surface area contributed by atoms with Gasteiger partial charge in [0.05, 0.1) is 5.75 Å². The number of quaternary nitrogens is 1. The first-order chi connectivity index (χ1) is 13.6. The van der Waals surface area contributed by atoms with Gasteiger partial charge in [0.1, 0.15) is 4.87 Å². The number of likely N-dealkylation sites (tertiary alicyclic amines) is 1. The average Bonchev–Trinajstić information content (AvgIpc) is 3.11. The molecule has 6 heteroatoms. The van der Waals surface area contributed by atoms with Gasteiger partial charge in [-0.15, -0.1) is 0 Å². The molecule has 2 atom stereocenters. The minimum Gasteiger partial charge on any atom is -0.348 e. The lowest BCUT2D eigenvalue weighted by Gasteiger charge is -2.36. The van der Waals surface area contributed by atoms with Gasteiger partial charge in [0, 0.05) is 37.5 Å². The largest absolute Gasteiger partial charge is 0.348 e. The number of piperidine rings is 1. The molecule has 0 aliphatic carbocycles. The Morgan fingerprint density at radius 2 is 1.86 bits per heavy atom. The second-order valence-corrected chi connectivity index (χ2v) is 11.0. The van der Waals surface area contributed by atoms with Crippen molar-refractivity contribution in [3.63, 3.8) is 0 Å². The third-order valence-electron chi connectivity index (χ3n) is 6.29. The Labute approximate surface area is 179 Å². The fourth-order valence-corrected chi connectivity index (χ4v) is 5.51. The number of rotatable bonds is 4. The molecule has 3 rings (SSSR count). The minimum atomic E-state index is -0.0128. The van der Waals surface area contributed by atoms with E-state index in [2.05, 4.69) is 50.5 Å². The van der Waals surface area contributed by atoms with Crippen LogP contribution in [-0.2, 0) is 10.2 Å². The highest BCUT2D eigenvalue weighted by molar-refractivity contribution is 8.00. The minimum absolute atomic E-state index is 0.0128. The lowest BCUT2D eigenvalue weighted by atomic mass is 9.86. The van der Waals surface area contributed by atoms with Crippen molar-refractivity contribution in [2.75, 3.05) is 18.8 Å². The Balaban J connectivity index is 1.55. The number of nitrogens with two attached hydrogens (primary N) is 1. The van der Waals surface area contributed by atoms with Crippen LogP contribution < -0.4 is 10.6 Å². The smallest absolute Gasteiger partial charge is 0.279 e. The van der Waals surface area contributed by atoms with Crippen molar-refractivity contribution in [3.05, 3.63) is 35.4 Å². The van der Waals surface area contributed by atoms with Crippen LogP contribution in [0.3, 0.4) is 0 Å². The van der Waals surface area contributed by atoms with Crippen molar-refractivity contribution in [1.29, 1.82) is 0 Å². The quantitative estimate of drug-likeness (QED) is 0.790. The molecule has 5 nitrogen and oxygen atoms in total. The number of amides is 2. The summed E-state index contributed by atoms with van der Waals surface area (Å²) in [6, 6.07) is 8.26. The lowest BCUT2D eigenvalue weighted by molar-refractivity contribution is -0.714. The summed E-state index contributed by atoms with van der Waals surface area (Å²) in [4.78, 5) is 27.4. The number of hydrogen-bond acceptors (Lipinski definition) is 3. The summed E-state index contributed by atoms with van der Waals surface area (Å²) in [5, 5.41) is 5.37. The molecule has 2 amide bonds. The molecule has 2 saturated heterocycles. The van der Waals surface area contributed by atoms with Crippen LogP contribution in [0.5, 0.6) is 0 Å². The highest BCUT2D eigenvalue weighted by Gasteiger charge is 2.48. The maximum absolute atomic E-state index is 12.9. The Morgan fingerprint density at radius 1 is 1.24 bits per heavy atom. The van der Waals surface area contributed by atoms with Crippen LogP contribution >= 0.6 is 11.8 Å². The van der Waals surface area contributed by atoms with Gasteiger partial charge in [0.25, 0.3) is 11.8 Å². The second-order valence-electron chi connectivity index (χ2n) is 9.59. The van der Waals surface area contributed by atoms with Crippen LogP contribution in [0.4, 0.5) is 0 Å². The lowest BCUT2D eigenvalue weighted by Crippen LogP contribution is -3.00. The van der Waals surface area contributed by atoms with E-state index in [1.54, 1.807) is 0 Å². The van der Waals surface area contributed by atoms with E-state index < -0.39 is 0 Å². The van der Waals surface area contributed by atoms with Crippen molar-refractivity contribution < 1.29 is 14.9 Å². The van der Waals surface area contributed by atoms with Gasteiger partial charge < -0.3 is 15.5 Å². The van der Waals surface area contributed by atoms with Crippen LogP contribution in [0.15, 0.2) is 24.3 Å². The zero-order valence-corrected chi connectivity index (χ0v) is 19.3. The van der Waals surface area contributed by atoms with Crippen LogP contribution in [0, 0.1) is 0 Å². The number of carbonyl (C=O) groups is 2. The molecule has 2 aliphatic rings. The summed E-state index contributed by atoms with van der Waals surface area (Å²) in [6.45, 7) is 12.2. The zero-order chi connectivity index (χ0) is 21.2. The van der Waals surface area contributed by atoms with Crippen molar-refractivity contribution in [1.82, 2.24) is 10.2 Å². The Morgan fingerprint density at radius 3 is 2.41 bits per heavy atom. The molecule has 2 fully saturated rings. The van der Waals surface area contributed by atoms with E-state index in [-0.39, 0.29) is 34.2 Å². The van der Waals surface area contributed by atoms with Crippen LogP contribution in [0.2, 0.25) is 0 Å².